The third-order valence-electron chi connectivity index (χ3n) is 3.34. The van der Waals surface area contributed by atoms with Gasteiger partial charge in [-0.15, -0.1) is 0 Å². The molecule has 21 heavy (non-hydrogen) atoms. The van der Waals surface area contributed by atoms with Gasteiger partial charge in [0.05, 0.1) is 12.7 Å². The molecule has 2 aromatic rings. The second-order valence-corrected chi connectivity index (χ2v) is 5.57. The molecule has 0 saturated heterocycles. The fourth-order valence-corrected chi connectivity index (χ4v) is 2.36. The molecule has 0 aliphatic rings. The van der Waals surface area contributed by atoms with Crippen LogP contribution in [0.4, 0.5) is 5.69 Å². The van der Waals surface area contributed by atoms with Gasteiger partial charge in [0.2, 0.25) is 0 Å². The summed E-state index contributed by atoms with van der Waals surface area (Å²) >= 11 is 3.35. The molecule has 0 radical (unpaired) electrons. The Kier molecular flexibility index (Phi) is 4.85. The highest BCUT2D eigenvalue weighted by Crippen LogP contribution is 2.23. The largest absolute Gasteiger partial charge is 0.496 e. The summed E-state index contributed by atoms with van der Waals surface area (Å²) in [6.45, 7) is 2.37. The lowest BCUT2D eigenvalue weighted by molar-refractivity contribution is 0.0948. The van der Waals surface area contributed by atoms with Gasteiger partial charge < -0.3 is 15.8 Å². The quantitative estimate of drug-likeness (QED) is 0.833. The van der Waals surface area contributed by atoms with E-state index < -0.39 is 0 Å². The van der Waals surface area contributed by atoms with E-state index >= 15 is 0 Å². The highest BCUT2D eigenvalue weighted by molar-refractivity contribution is 9.10. The maximum atomic E-state index is 12.3. The number of carbonyl (C=O) groups is 1. The normalized spacial score (nSPS) is 10.2. The fraction of sp³-hybridized carbons (Fsp3) is 0.188. The molecule has 0 fully saturated rings. The molecule has 0 aliphatic heterocycles. The summed E-state index contributed by atoms with van der Waals surface area (Å²) in [6, 6.07) is 11.0. The summed E-state index contributed by atoms with van der Waals surface area (Å²) in [7, 11) is 1.54. The molecule has 4 nitrogen and oxygen atoms in total. The van der Waals surface area contributed by atoms with Crippen molar-refractivity contribution >= 4 is 27.5 Å². The molecule has 3 N–H and O–H groups in total. The Balaban J connectivity index is 2.14. The summed E-state index contributed by atoms with van der Waals surface area (Å²) < 4.78 is 6.09. The van der Waals surface area contributed by atoms with Crippen molar-refractivity contribution in [2.75, 3.05) is 12.8 Å². The summed E-state index contributed by atoms with van der Waals surface area (Å²) in [5.74, 6) is 0.354. The summed E-state index contributed by atoms with van der Waals surface area (Å²) in [5.41, 5.74) is 9.08. The molecular weight excluding hydrogens is 332 g/mol. The first-order valence-corrected chi connectivity index (χ1v) is 7.28. The fourth-order valence-electron chi connectivity index (χ4n) is 2.02. The number of anilines is 1. The predicted octanol–water partition coefficient (Wildman–Crippen LogP) is 3.28. The first-order chi connectivity index (χ1) is 10.0. The van der Waals surface area contributed by atoms with Crippen molar-refractivity contribution in [3.63, 3.8) is 0 Å². The first kappa shape index (κ1) is 15.4. The number of ether oxygens (including phenoxy) is 1. The molecular formula is C16H17BrN2O2. The van der Waals surface area contributed by atoms with Crippen LogP contribution in [0.2, 0.25) is 0 Å². The number of amides is 1. The third-order valence-corrected chi connectivity index (χ3v) is 3.83. The van der Waals surface area contributed by atoms with Gasteiger partial charge in [0.1, 0.15) is 5.75 Å². The Morgan fingerprint density at radius 3 is 2.81 bits per heavy atom. The number of benzene rings is 2. The van der Waals surface area contributed by atoms with Crippen LogP contribution in [0, 0.1) is 6.92 Å². The molecule has 2 rings (SSSR count). The summed E-state index contributed by atoms with van der Waals surface area (Å²) in [5, 5.41) is 2.89. The number of hydrogen-bond acceptors (Lipinski definition) is 3. The van der Waals surface area contributed by atoms with E-state index in [4.69, 9.17) is 10.5 Å². The zero-order valence-corrected chi connectivity index (χ0v) is 13.5. The van der Waals surface area contributed by atoms with Gasteiger partial charge in [-0.1, -0.05) is 28.1 Å². The van der Waals surface area contributed by atoms with Crippen LogP contribution in [0.15, 0.2) is 40.9 Å². The van der Waals surface area contributed by atoms with E-state index in [2.05, 4.69) is 21.2 Å². The van der Waals surface area contributed by atoms with E-state index in [9.17, 15) is 4.79 Å². The minimum Gasteiger partial charge on any atom is -0.496 e. The van der Waals surface area contributed by atoms with Crippen molar-refractivity contribution in [1.82, 2.24) is 5.32 Å². The molecule has 0 heterocycles. The van der Waals surface area contributed by atoms with Crippen LogP contribution in [0.5, 0.6) is 5.75 Å². The van der Waals surface area contributed by atoms with E-state index in [1.54, 1.807) is 19.2 Å². The number of rotatable bonds is 4. The summed E-state index contributed by atoms with van der Waals surface area (Å²) in [6.07, 6.45) is 0. The lowest BCUT2D eigenvalue weighted by atomic mass is 10.1. The molecule has 0 spiro atoms. The predicted molar refractivity (Wildman–Crippen MR) is 87.5 cm³/mol. The molecule has 5 heteroatoms. The minimum absolute atomic E-state index is 0.179. The van der Waals surface area contributed by atoms with E-state index in [0.29, 0.717) is 17.9 Å². The monoisotopic (exact) mass is 348 g/mol. The van der Waals surface area contributed by atoms with Crippen LogP contribution in [-0.2, 0) is 6.54 Å². The highest BCUT2D eigenvalue weighted by Gasteiger charge is 2.12. The van der Waals surface area contributed by atoms with Gasteiger partial charge in [-0.25, -0.2) is 0 Å². The molecule has 2 aromatic carbocycles. The molecule has 0 unspecified atom stereocenters. The molecule has 0 atom stereocenters. The topological polar surface area (TPSA) is 64.3 Å². The SMILES string of the molecule is COc1cc(Br)ccc1C(=O)NCc1cccc(N)c1C. The van der Waals surface area contributed by atoms with Crippen molar-refractivity contribution in [3.05, 3.63) is 57.6 Å². The maximum absolute atomic E-state index is 12.3. The van der Waals surface area contributed by atoms with E-state index in [-0.39, 0.29) is 5.91 Å². The van der Waals surface area contributed by atoms with Crippen LogP contribution in [0.25, 0.3) is 0 Å². The van der Waals surface area contributed by atoms with Crippen molar-refractivity contribution in [2.45, 2.75) is 13.5 Å². The Morgan fingerprint density at radius 1 is 1.33 bits per heavy atom. The number of halogens is 1. The number of nitrogens with two attached hydrogens (primary N) is 1. The first-order valence-electron chi connectivity index (χ1n) is 6.48. The van der Waals surface area contributed by atoms with Crippen LogP contribution < -0.4 is 15.8 Å². The molecule has 0 aromatic heterocycles. The van der Waals surface area contributed by atoms with Crippen LogP contribution in [0.3, 0.4) is 0 Å². The van der Waals surface area contributed by atoms with E-state index in [1.807, 2.05) is 31.2 Å². The smallest absolute Gasteiger partial charge is 0.255 e. The third kappa shape index (κ3) is 3.55. The average molecular weight is 349 g/mol. The van der Waals surface area contributed by atoms with Crippen molar-refractivity contribution < 1.29 is 9.53 Å². The van der Waals surface area contributed by atoms with Crippen LogP contribution in [0.1, 0.15) is 21.5 Å². The van der Waals surface area contributed by atoms with Gasteiger partial charge in [-0.2, -0.15) is 0 Å². The number of nitrogens with one attached hydrogen (secondary N) is 1. The van der Waals surface area contributed by atoms with Gasteiger partial charge in [0.25, 0.3) is 5.91 Å². The Morgan fingerprint density at radius 2 is 2.10 bits per heavy atom. The van der Waals surface area contributed by atoms with Gasteiger partial charge in [-0.3, -0.25) is 4.79 Å². The van der Waals surface area contributed by atoms with Gasteiger partial charge in [0.15, 0.2) is 0 Å². The van der Waals surface area contributed by atoms with Gasteiger partial charge in [-0.05, 0) is 42.3 Å². The Labute approximate surface area is 132 Å². The second kappa shape index (κ2) is 6.63. The molecule has 0 bridgehead atoms. The van der Waals surface area contributed by atoms with Crippen molar-refractivity contribution in [1.29, 1.82) is 0 Å². The number of nitrogen functional groups attached to an aromatic ring is 1. The molecule has 110 valence electrons. The standard InChI is InChI=1S/C16H17BrN2O2/c1-10-11(4-3-5-14(10)18)9-19-16(20)13-7-6-12(17)8-15(13)21-2/h3-8H,9,18H2,1-2H3,(H,19,20). The van der Waals surface area contributed by atoms with Crippen LogP contribution >= 0.6 is 15.9 Å². The molecule has 0 saturated carbocycles. The van der Waals surface area contributed by atoms with Crippen molar-refractivity contribution in [3.8, 4) is 5.75 Å². The van der Waals surface area contributed by atoms with Crippen molar-refractivity contribution in [2.24, 2.45) is 0 Å². The molecule has 1 amide bonds. The maximum Gasteiger partial charge on any atom is 0.255 e. The minimum atomic E-state index is -0.179. The highest BCUT2D eigenvalue weighted by atomic mass is 79.9. The average Bonchev–Trinajstić information content (AvgIpc) is 2.48. The Hall–Kier alpha value is -2.01. The number of hydrogen-bond donors (Lipinski definition) is 2. The summed E-state index contributed by atoms with van der Waals surface area (Å²) in [4.78, 5) is 12.3. The Bertz CT molecular complexity index is 671. The zero-order chi connectivity index (χ0) is 15.4. The lowest BCUT2D eigenvalue weighted by Crippen LogP contribution is -2.23. The van der Waals surface area contributed by atoms with Gasteiger partial charge in [0, 0.05) is 16.7 Å². The number of carbonyl (C=O) groups excluding carboxylic acids is 1. The zero-order valence-electron chi connectivity index (χ0n) is 11.9. The van der Waals surface area contributed by atoms with E-state index in [0.717, 1.165) is 21.3 Å². The second-order valence-electron chi connectivity index (χ2n) is 4.66. The molecule has 0 aliphatic carbocycles. The number of methoxy groups -OCH3 is 1. The van der Waals surface area contributed by atoms with E-state index in [1.165, 1.54) is 0 Å². The lowest BCUT2D eigenvalue weighted by Gasteiger charge is -2.12. The van der Waals surface area contributed by atoms with Gasteiger partial charge >= 0.3 is 0 Å². The van der Waals surface area contributed by atoms with Crippen LogP contribution in [-0.4, -0.2) is 13.0 Å².